The van der Waals surface area contributed by atoms with E-state index in [1.807, 2.05) is 37.3 Å². The lowest BCUT2D eigenvalue weighted by atomic mass is 10.1. The summed E-state index contributed by atoms with van der Waals surface area (Å²) in [6.07, 6.45) is 2.67. The Labute approximate surface area is 233 Å². The van der Waals surface area contributed by atoms with E-state index < -0.39 is 22.9 Å². The molecule has 0 spiro atoms. The van der Waals surface area contributed by atoms with Gasteiger partial charge in [0.05, 0.1) is 20.6 Å². The van der Waals surface area contributed by atoms with Crippen LogP contribution in [0.3, 0.4) is 0 Å². The molecule has 2 heterocycles. The van der Waals surface area contributed by atoms with Gasteiger partial charge in [0.1, 0.15) is 29.6 Å². The number of aryl methyl sites for hydroxylation is 1. The Bertz CT molecular complexity index is 1380. The highest BCUT2D eigenvalue weighted by molar-refractivity contribution is 5.96. The molecule has 1 saturated heterocycles. The Balaban J connectivity index is 1.58. The lowest BCUT2D eigenvalue weighted by molar-refractivity contribution is -0.146. The summed E-state index contributed by atoms with van der Waals surface area (Å²) in [5, 5.41) is 10.8. The molecule has 1 N–H and O–H groups in total. The van der Waals surface area contributed by atoms with Crippen molar-refractivity contribution in [2.75, 3.05) is 27.3 Å². The summed E-state index contributed by atoms with van der Waals surface area (Å²) in [5.41, 5.74) is 0.0654. The molecular formula is C30H35N3O7. The molecule has 10 nitrogen and oxygen atoms in total. The Morgan fingerprint density at radius 3 is 2.40 bits per heavy atom. The summed E-state index contributed by atoms with van der Waals surface area (Å²) in [5.74, 6) is -0.706. The highest BCUT2D eigenvalue weighted by Gasteiger charge is 2.34. The topological polar surface area (TPSA) is 120 Å². The number of hydrogen-bond acceptors (Lipinski definition) is 8. The molecule has 1 aromatic heterocycles. The van der Waals surface area contributed by atoms with Gasteiger partial charge in [0.25, 0.3) is 11.5 Å². The average molecular weight is 550 g/mol. The van der Waals surface area contributed by atoms with Crippen LogP contribution in [-0.4, -0.2) is 58.7 Å². The first-order chi connectivity index (χ1) is 19.4. The fourth-order valence-corrected chi connectivity index (χ4v) is 4.90. The Morgan fingerprint density at radius 2 is 1.75 bits per heavy atom. The Kier molecular flexibility index (Phi) is 9.42. The highest BCUT2D eigenvalue weighted by Crippen LogP contribution is 2.33. The highest BCUT2D eigenvalue weighted by atomic mass is 16.5. The van der Waals surface area contributed by atoms with Crippen molar-refractivity contribution in [1.82, 2.24) is 14.5 Å². The van der Waals surface area contributed by atoms with Gasteiger partial charge in [-0.05, 0) is 36.5 Å². The molecule has 4 rings (SSSR count). The molecule has 3 aromatic rings. The minimum atomic E-state index is -0.711. The van der Waals surface area contributed by atoms with Crippen molar-refractivity contribution in [1.29, 1.82) is 0 Å². The predicted octanol–water partition coefficient (Wildman–Crippen LogP) is 3.89. The van der Waals surface area contributed by atoms with Crippen LogP contribution in [0.2, 0.25) is 0 Å². The van der Waals surface area contributed by atoms with Crippen LogP contribution < -0.4 is 15.0 Å². The van der Waals surface area contributed by atoms with E-state index in [0.29, 0.717) is 48.8 Å². The number of aromatic hydroxyl groups is 1. The van der Waals surface area contributed by atoms with Crippen molar-refractivity contribution in [2.45, 2.75) is 45.6 Å². The molecule has 1 fully saturated rings. The second kappa shape index (κ2) is 13.1. The van der Waals surface area contributed by atoms with Crippen molar-refractivity contribution < 1.29 is 28.9 Å². The van der Waals surface area contributed by atoms with E-state index in [4.69, 9.17) is 14.2 Å². The zero-order valence-corrected chi connectivity index (χ0v) is 23.1. The third-order valence-electron chi connectivity index (χ3n) is 7.00. The molecule has 0 unspecified atom stereocenters. The second-order valence-corrected chi connectivity index (χ2v) is 9.74. The number of esters is 1. The standard InChI is InChI=1S/C30H35N3O7/c1-4-5-14-24-31-28(35)26(30(37)33(24)27-22(38-2)12-9-13-23(27)39-3)29(36)32-16-15-21(18-32)17-25(34)40-19-20-10-7-6-8-11-20/h6-13,21,35H,4-5,14-19H2,1-3H3/t21-/m0/s1. The van der Waals surface area contributed by atoms with Gasteiger partial charge < -0.3 is 24.2 Å². The summed E-state index contributed by atoms with van der Waals surface area (Å²) in [7, 11) is 2.95. The molecule has 40 heavy (non-hydrogen) atoms. The number of carbonyl (C=O) groups excluding carboxylic acids is 2. The first kappa shape index (κ1) is 28.7. The molecule has 0 radical (unpaired) electrons. The maximum atomic E-state index is 13.9. The summed E-state index contributed by atoms with van der Waals surface area (Å²) in [4.78, 5) is 45.7. The number of hydrogen-bond donors (Lipinski definition) is 1. The van der Waals surface area contributed by atoms with Gasteiger partial charge in [-0.25, -0.2) is 0 Å². The number of aromatic nitrogens is 2. The van der Waals surface area contributed by atoms with E-state index in [1.54, 1.807) is 18.2 Å². The summed E-state index contributed by atoms with van der Waals surface area (Å²) in [6.45, 7) is 2.79. The van der Waals surface area contributed by atoms with E-state index in [9.17, 15) is 19.5 Å². The van der Waals surface area contributed by atoms with Crippen molar-refractivity contribution in [3.05, 3.63) is 75.8 Å². The molecule has 0 saturated carbocycles. The van der Waals surface area contributed by atoms with Crippen LogP contribution in [0.1, 0.15) is 54.4 Å². The normalized spacial score (nSPS) is 14.7. The number of methoxy groups -OCH3 is 2. The van der Waals surface area contributed by atoms with Gasteiger partial charge in [-0.2, -0.15) is 4.98 Å². The largest absolute Gasteiger partial charge is 0.494 e. The molecule has 212 valence electrons. The first-order valence-corrected chi connectivity index (χ1v) is 13.4. The lowest BCUT2D eigenvalue weighted by Gasteiger charge is -2.21. The van der Waals surface area contributed by atoms with Gasteiger partial charge in [-0.1, -0.05) is 49.7 Å². The Hall–Kier alpha value is -4.34. The van der Waals surface area contributed by atoms with Gasteiger partial charge in [-0.3, -0.25) is 19.0 Å². The monoisotopic (exact) mass is 549 g/mol. The molecule has 2 aromatic carbocycles. The van der Waals surface area contributed by atoms with Crippen molar-refractivity contribution >= 4 is 11.9 Å². The third kappa shape index (κ3) is 6.27. The minimum Gasteiger partial charge on any atom is -0.494 e. The molecular weight excluding hydrogens is 514 g/mol. The van der Waals surface area contributed by atoms with Crippen molar-refractivity contribution in [2.24, 2.45) is 5.92 Å². The maximum absolute atomic E-state index is 13.9. The first-order valence-electron chi connectivity index (χ1n) is 13.4. The number of rotatable bonds is 11. The number of amides is 1. The summed E-state index contributed by atoms with van der Waals surface area (Å²) in [6, 6.07) is 14.5. The Morgan fingerprint density at radius 1 is 1.05 bits per heavy atom. The molecule has 1 amide bonds. The maximum Gasteiger partial charge on any atom is 0.306 e. The number of ether oxygens (including phenoxy) is 3. The molecule has 1 aliphatic heterocycles. The zero-order valence-electron chi connectivity index (χ0n) is 23.1. The van der Waals surface area contributed by atoms with E-state index in [0.717, 1.165) is 12.0 Å². The van der Waals surface area contributed by atoms with Crippen molar-refractivity contribution in [3.63, 3.8) is 0 Å². The molecule has 1 atom stereocenters. The van der Waals surface area contributed by atoms with Gasteiger partial charge in [0, 0.05) is 19.5 Å². The SMILES string of the molecule is CCCCc1nc(O)c(C(=O)N2CC[C@@H](CC(=O)OCc3ccccc3)C2)c(=O)n1-c1c(OC)cccc1OC. The van der Waals surface area contributed by atoms with E-state index in [2.05, 4.69) is 4.98 Å². The quantitative estimate of drug-likeness (QED) is 0.358. The number of para-hydroxylation sites is 1. The molecule has 0 bridgehead atoms. The number of benzene rings is 2. The van der Waals surface area contributed by atoms with Gasteiger partial charge in [0.2, 0.25) is 5.88 Å². The van der Waals surface area contributed by atoms with Crippen LogP contribution in [0.5, 0.6) is 17.4 Å². The fourth-order valence-electron chi connectivity index (χ4n) is 4.90. The van der Waals surface area contributed by atoms with Gasteiger partial charge >= 0.3 is 5.97 Å². The molecule has 0 aliphatic carbocycles. The van der Waals surface area contributed by atoms with Crippen LogP contribution >= 0.6 is 0 Å². The second-order valence-electron chi connectivity index (χ2n) is 9.74. The molecule has 10 heteroatoms. The van der Waals surface area contributed by atoms with Crippen LogP contribution in [0.4, 0.5) is 0 Å². The van der Waals surface area contributed by atoms with Crippen molar-refractivity contribution in [3.8, 4) is 23.1 Å². The van der Waals surface area contributed by atoms with Gasteiger partial charge in [-0.15, -0.1) is 0 Å². The van der Waals surface area contributed by atoms with Crippen LogP contribution in [0, 0.1) is 5.92 Å². The summed E-state index contributed by atoms with van der Waals surface area (Å²) >= 11 is 0. The number of likely N-dealkylation sites (tertiary alicyclic amines) is 1. The van der Waals surface area contributed by atoms with Crippen LogP contribution in [0.15, 0.2) is 53.3 Å². The zero-order chi connectivity index (χ0) is 28.6. The van der Waals surface area contributed by atoms with Crippen LogP contribution in [0.25, 0.3) is 5.69 Å². The smallest absolute Gasteiger partial charge is 0.306 e. The van der Waals surface area contributed by atoms with Gasteiger partial charge in [0.15, 0.2) is 5.56 Å². The predicted molar refractivity (Wildman–Crippen MR) is 148 cm³/mol. The number of carbonyl (C=O) groups is 2. The fraction of sp³-hybridized carbons (Fsp3) is 0.400. The number of unbranched alkanes of at least 4 members (excludes halogenated alkanes) is 1. The van der Waals surface area contributed by atoms with E-state index in [-0.39, 0.29) is 31.5 Å². The average Bonchev–Trinajstić information content (AvgIpc) is 3.43. The van der Waals surface area contributed by atoms with E-state index >= 15 is 0 Å². The van der Waals surface area contributed by atoms with Crippen LogP contribution in [-0.2, 0) is 22.6 Å². The number of nitrogens with zero attached hydrogens (tertiary/aromatic N) is 3. The van der Waals surface area contributed by atoms with E-state index in [1.165, 1.54) is 23.7 Å². The summed E-state index contributed by atoms with van der Waals surface area (Å²) < 4.78 is 17.7. The lowest BCUT2D eigenvalue weighted by Crippen LogP contribution is -2.37. The minimum absolute atomic E-state index is 0.123. The third-order valence-corrected chi connectivity index (χ3v) is 7.00. The molecule has 1 aliphatic rings.